The minimum Gasteiger partial charge on any atom is -0.371 e. The second-order valence-electron chi connectivity index (χ2n) is 3.98. The van der Waals surface area contributed by atoms with E-state index in [2.05, 4.69) is 30.9 Å². The van der Waals surface area contributed by atoms with E-state index in [-0.39, 0.29) is 5.60 Å². The van der Waals surface area contributed by atoms with Gasteiger partial charge in [-0.05, 0) is 18.6 Å². The van der Waals surface area contributed by atoms with Gasteiger partial charge in [0.1, 0.15) is 0 Å². The molecule has 3 heteroatoms. The lowest BCUT2D eigenvalue weighted by molar-refractivity contribution is -0.0931. The van der Waals surface area contributed by atoms with Crippen LogP contribution in [0.3, 0.4) is 0 Å². The molecule has 0 aromatic carbocycles. The maximum atomic E-state index is 6.06. The molecule has 1 spiro atoms. The second kappa shape index (κ2) is 3.79. The first-order chi connectivity index (χ1) is 6.29. The van der Waals surface area contributed by atoms with Crippen molar-refractivity contribution in [3.63, 3.8) is 0 Å². The fourth-order valence-electron chi connectivity index (χ4n) is 2.62. The van der Waals surface area contributed by atoms with E-state index < -0.39 is 0 Å². The van der Waals surface area contributed by atoms with Gasteiger partial charge in [-0.3, -0.25) is 0 Å². The first kappa shape index (κ1) is 9.81. The van der Waals surface area contributed by atoms with Gasteiger partial charge in [0.05, 0.1) is 12.2 Å². The quantitative estimate of drug-likeness (QED) is 0.697. The van der Waals surface area contributed by atoms with Gasteiger partial charge >= 0.3 is 0 Å². The highest BCUT2D eigenvalue weighted by atomic mass is 32.2. The summed E-state index contributed by atoms with van der Waals surface area (Å²) >= 11 is 2.06. The van der Waals surface area contributed by atoms with Crippen LogP contribution >= 0.6 is 11.8 Å². The predicted molar refractivity (Wildman–Crippen MR) is 57.3 cm³/mol. The van der Waals surface area contributed by atoms with Crippen LogP contribution in [0.15, 0.2) is 0 Å². The summed E-state index contributed by atoms with van der Waals surface area (Å²) in [4.78, 5) is 0. The number of nitrogens with one attached hydrogen (secondary N) is 1. The van der Waals surface area contributed by atoms with Gasteiger partial charge < -0.3 is 10.1 Å². The Bertz CT molecular complexity index is 188. The fraction of sp³-hybridized carbons (Fsp3) is 1.00. The molecule has 76 valence electrons. The molecule has 2 fully saturated rings. The van der Waals surface area contributed by atoms with Gasteiger partial charge in [0, 0.05) is 17.8 Å². The minimum atomic E-state index is 0.150. The lowest BCUT2D eigenvalue weighted by atomic mass is 9.85. The third-order valence-electron chi connectivity index (χ3n) is 3.41. The predicted octanol–water partition coefficient (Wildman–Crippen LogP) is 1.65. The molecule has 2 heterocycles. The maximum Gasteiger partial charge on any atom is 0.0958 e. The van der Waals surface area contributed by atoms with Gasteiger partial charge in [-0.2, -0.15) is 11.8 Å². The van der Waals surface area contributed by atoms with Gasteiger partial charge in [0.25, 0.3) is 0 Å². The van der Waals surface area contributed by atoms with Crippen LogP contribution in [0.25, 0.3) is 0 Å². The molecule has 2 nitrogen and oxygen atoms in total. The number of ether oxygens (including phenoxy) is 1. The maximum absolute atomic E-state index is 6.06. The Kier molecular flexibility index (Phi) is 2.86. The van der Waals surface area contributed by atoms with Crippen molar-refractivity contribution in [2.75, 3.05) is 18.9 Å². The molecule has 2 rings (SSSR count). The van der Waals surface area contributed by atoms with Crippen LogP contribution in [0.1, 0.15) is 26.7 Å². The molecular weight excluding hydrogens is 182 g/mol. The van der Waals surface area contributed by atoms with Crippen molar-refractivity contribution in [2.45, 2.75) is 43.6 Å². The highest BCUT2D eigenvalue weighted by molar-refractivity contribution is 8.00. The monoisotopic (exact) mass is 201 g/mol. The molecule has 0 aliphatic carbocycles. The van der Waals surface area contributed by atoms with Gasteiger partial charge in [-0.15, -0.1) is 0 Å². The lowest BCUT2D eigenvalue weighted by Gasteiger charge is -2.44. The Morgan fingerprint density at radius 2 is 2.46 bits per heavy atom. The molecule has 2 saturated heterocycles. The number of morpholine rings is 1. The molecule has 0 aromatic rings. The third-order valence-corrected chi connectivity index (χ3v) is 4.75. The molecule has 0 amide bonds. The van der Waals surface area contributed by atoms with Crippen LogP contribution in [-0.4, -0.2) is 35.8 Å². The molecule has 3 atom stereocenters. The van der Waals surface area contributed by atoms with Crippen molar-refractivity contribution in [3.05, 3.63) is 0 Å². The molecule has 1 N–H and O–H groups in total. The summed E-state index contributed by atoms with van der Waals surface area (Å²) in [5, 5.41) is 4.25. The van der Waals surface area contributed by atoms with Crippen molar-refractivity contribution < 1.29 is 4.74 Å². The van der Waals surface area contributed by atoms with E-state index >= 15 is 0 Å². The number of hydrogen-bond acceptors (Lipinski definition) is 3. The summed E-state index contributed by atoms with van der Waals surface area (Å²) in [5.74, 6) is 1.26. The van der Waals surface area contributed by atoms with Crippen molar-refractivity contribution in [1.82, 2.24) is 5.32 Å². The number of hydrogen-bond donors (Lipinski definition) is 1. The highest BCUT2D eigenvalue weighted by Gasteiger charge is 2.48. The normalized spacial score (nSPS) is 45.7. The van der Waals surface area contributed by atoms with E-state index in [0.29, 0.717) is 11.3 Å². The van der Waals surface area contributed by atoms with Gasteiger partial charge in [0.2, 0.25) is 0 Å². The van der Waals surface area contributed by atoms with E-state index in [1.165, 1.54) is 18.6 Å². The molecule has 0 bridgehead atoms. The standard InChI is InChI=1S/C10H19NOS/c1-3-9-10(12-6-5-11-9)4-7-13-8(10)2/h8-9,11H,3-7H2,1-2H3. The van der Waals surface area contributed by atoms with E-state index in [1.807, 2.05) is 0 Å². The van der Waals surface area contributed by atoms with Crippen molar-refractivity contribution in [1.29, 1.82) is 0 Å². The Morgan fingerprint density at radius 1 is 1.62 bits per heavy atom. The number of thioether (sulfide) groups is 1. The Hall–Kier alpha value is 0.270. The van der Waals surface area contributed by atoms with Crippen molar-refractivity contribution in [2.24, 2.45) is 0 Å². The average molecular weight is 201 g/mol. The summed E-state index contributed by atoms with van der Waals surface area (Å²) in [6, 6.07) is 0.575. The molecule has 2 aliphatic heterocycles. The molecule has 0 radical (unpaired) electrons. The van der Waals surface area contributed by atoms with Crippen LogP contribution in [0.5, 0.6) is 0 Å². The van der Waals surface area contributed by atoms with Crippen LogP contribution < -0.4 is 5.32 Å². The zero-order chi connectivity index (χ0) is 9.31. The van der Waals surface area contributed by atoms with Crippen molar-refractivity contribution >= 4 is 11.8 Å². The summed E-state index contributed by atoms with van der Waals surface area (Å²) in [7, 11) is 0. The van der Waals surface area contributed by atoms with Crippen LogP contribution in [0, 0.1) is 0 Å². The average Bonchev–Trinajstić information content (AvgIpc) is 2.50. The Balaban J connectivity index is 2.15. The molecule has 0 aromatic heterocycles. The zero-order valence-electron chi connectivity index (χ0n) is 8.51. The Labute approximate surface area is 84.8 Å². The van der Waals surface area contributed by atoms with Gasteiger partial charge in [-0.1, -0.05) is 13.8 Å². The summed E-state index contributed by atoms with van der Waals surface area (Å²) in [6.07, 6.45) is 2.41. The van der Waals surface area contributed by atoms with E-state index in [1.54, 1.807) is 0 Å². The second-order valence-corrected chi connectivity index (χ2v) is 5.43. The van der Waals surface area contributed by atoms with E-state index in [4.69, 9.17) is 4.74 Å². The number of rotatable bonds is 1. The largest absolute Gasteiger partial charge is 0.371 e. The first-order valence-electron chi connectivity index (χ1n) is 5.28. The molecule has 2 aliphatic rings. The SMILES string of the molecule is CCC1NCCOC12CCSC2C. The van der Waals surface area contributed by atoms with Crippen LogP contribution in [0.4, 0.5) is 0 Å². The van der Waals surface area contributed by atoms with E-state index in [9.17, 15) is 0 Å². The highest BCUT2D eigenvalue weighted by Crippen LogP contribution is 2.42. The molecule has 0 saturated carbocycles. The van der Waals surface area contributed by atoms with Gasteiger partial charge in [0.15, 0.2) is 0 Å². The summed E-state index contributed by atoms with van der Waals surface area (Å²) in [5.41, 5.74) is 0.150. The lowest BCUT2D eigenvalue weighted by Crippen LogP contribution is -2.60. The minimum absolute atomic E-state index is 0.150. The van der Waals surface area contributed by atoms with Crippen LogP contribution in [-0.2, 0) is 4.74 Å². The molecule has 13 heavy (non-hydrogen) atoms. The molecule has 3 unspecified atom stereocenters. The summed E-state index contributed by atoms with van der Waals surface area (Å²) in [6.45, 7) is 6.48. The third kappa shape index (κ3) is 1.51. The first-order valence-corrected chi connectivity index (χ1v) is 6.33. The smallest absolute Gasteiger partial charge is 0.0958 e. The summed E-state index contributed by atoms with van der Waals surface area (Å²) < 4.78 is 6.06. The Morgan fingerprint density at radius 3 is 3.08 bits per heavy atom. The fourth-order valence-corrected chi connectivity index (χ4v) is 4.05. The zero-order valence-corrected chi connectivity index (χ0v) is 9.32. The molecular formula is C10H19NOS. The van der Waals surface area contributed by atoms with Crippen molar-refractivity contribution in [3.8, 4) is 0 Å². The van der Waals surface area contributed by atoms with Crippen LogP contribution in [0.2, 0.25) is 0 Å². The topological polar surface area (TPSA) is 21.3 Å². The van der Waals surface area contributed by atoms with E-state index in [0.717, 1.165) is 13.2 Å². The van der Waals surface area contributed by atoms with Gasteiger partial charge in [-0.25, -0.2) is 0 Å².